The van der Waals surface area contributed by atoms with Crippen molar-refractivity contribution in [2.75, 3.05) is 6.54 Å². The second-order valence-corrected chi connectivity index (χ2v) is 27.3. The van der Waals surface area contributed by atoms with E-state index >= 15 is 0 Å². The number of nitrogens with two attached hydrogens (primary N) is 2. The maximum atomic E-state index is 14.4. The van der Waals surface area contributed by atoms with Gasteiger partial charge in [-0.05, 0) is 90.0 Å². The van der Waals surface area contributed by atoms with Gasteiger partial charge in [-0.2, -0.15) is 20.4 Å². The number of hydrazone groups is 4. The summed E-state index contributed by atoms with van der Waals surface area (Å²) in [6.07, 6.45) is 63.4. The molecular formula is C77H147N13O7. The highest BCUT2D eigenvalue weighted by Gasteiger charge is 2.30. The van der Waals surface area contributed by atoms with Gasteiger partial charge in [0.1, 0.15) is 18.1 Å². The SMILES string of the molecule is CCCCCCCCCCCCC/C=N/NC(=O)CC[C@H](NC(=O)CC[C@H](NC(=O)[C@@H](N)CCCCN)C(=O)N[C@@H](CCC(=O)N/N=C/CCCCCCCCCCCCC)C(=O)N/N=C/CCCCCCCCCCCCC)C(=O)N/N=C/CCCCCCCCCCCCC. The van der Waals surface area contributed by atoms with Gasteiger partial charge in [0.25, 0.3) is 11.8 Å². The molecule has 20 heteroatoms. The first kappa shape index (κ1) is 91.9. The van der Waals surface area contributed by atoms with Crippen molar-refractivity contribution >= 4 is 66.2 Å². The number of hydrogen-bond donors (Lipinski definition) is 9. The van der Waals surface area contributed by atoms with Crippen molar-refractivity contribution in [2.45, 2.75) is 418 Å². The van der Waals surface area contributed by atoms with Gasteiger partial charge < -0.3 is 27.4 Å². The van der Waals surface area contributed by atoms with Crippen LogP contribution in [0.25, 0.3) is 0 Å². The zero-order chi connectivity index (χ0) is 71.0. The zero-order valence-corrected chi connectivity index (χ0v) is 62.4. The van der Waals surface area contributed by atoms with Crippen LogP contribution in [-0.4, -0.2) is 96.9 Å². The van der Waals surface area contributed by atoms with Crippen LogP contribution in [0.15, 0.2) is 20.4 Å². The van der Waals surface area contributed by atoms with E-state index in [1.165, 1.54) is 218 Å². The molecule has 562 valence electrons. The van der Waals surface area contributed by atoms with Gasteiger partial charge in [0.05, 0.1) is 6.04 Å². The van der Waals surface area contributed by atoms with Crippen molar-refractivity contribution in [1.82, 2.24) is 37.7 Å². The van der Waals surface area contributed by atoms with E-state index in [0.717, 1.165) is 70.6 Å². The Kier molecular flexibility index (Phi) is 68.4. The van der Waals surface area contributed by atoms with Crippen LogP contribution in [0.5, 0.6) is 0 Å². The number of amides is 7. The van der Waals surface area contributed by atoms with Gasteiger partial charge in [0, 0.05) is 44.1 Å². The van der Waals surface area contributed by atoms with Crippen LogP contribution < -0.4 is 49.1 Å². The highest BCUT2D eigenvalue weighted by molar-refractivity contribution is 5.94. The maximum Gasteiger partial charge on any atom is 0.262 e. The lowest BCUT2D eigenvalue weighted by atomic mass is 10.0. The molecule has 0 saturated heterocycles. The minimum Gasteiger partial charge on any atom is -0.344 e. The molecule has 0 aliphatic rings. The molecule has 0 bridgehead atoms. The Morgan fingerprint density at radius 3 is 0.825 bits per heavy atom. The number of rotatable bonds is 72. The van der Waals surface area contributed by atoms with Crippen LogP contribution >= 0.6 is 0 Å². The molecule has 4 atom stereocenters. The van der Waals surface area contributed by atoms with Crippen molar-refractivity contribution in [2.24, 2.45) is 31.9 Å². The lowest BCUT2D eigenvalue weighted by Crippen LogP contribution is -2.56. The van der Waals surface area contributed by atoms with Crippen LogP contribution in [0.3, 0.4) is 0 Å². The topological polar surface area (TPSA) is 305 Å². The van der Waals surface area contributed by atoms with Crippen LogP contribution in [0.2, 0.25) is 0 Å². The van der Waals surface area contributed by atoms with E-state index in [9.17, 15) is 33.6 Å². The van der Waals surface area contributed by atoms with E-state index in [2.05, 4.69) is 85.8 Å². The van der Waals surface area contributed by atoms with Crippen LogP contribution in [-0.2, 0) is 33.6 Å². The molecule has 20 nitrogen and oxygen atoms in total. The monoisotopic (exact) mass is 1370 g/mol. The summed E-state index contributed by atoms with van der Waals surface area (Å²) >= 11 is 0. The van der Waals surface area contributed by atoms with Crippen molar-refractivity contribution in [3.8, 4) is 0 Å². The number of unbranched alkanes of at least 4 members (excludes halogenated alkanes) is 45. The molecular weight excluding hydrogens is 1220 g/mol. The van der Waals surface area contributed by atoms with Gasteiger partial charge in [-0.25, -0.2) is 21.7 Å². The first-order valence-electron chi connectivity index (χ1n) is 40.0. The standard InChI is InChI=1S/C77H147N13O7/c1-5-9-13-17-21-25-29-33-37-41-45-51-63-80-87-72(92)60-57-69(76(96)89-82-65-53-47-43-39-35-31-27-23-19-15-11-7-3)84-71(91)59-56-68(85-74(94)67(79)55-49-50-62-78)75(95)86-70(77(97)90-83-66-54-48-44-40-36-32-28-24-20-16-12-8-4)58-61-73(93)88-81-64-52-46-42-38-34-30-26-22-18-14-10-6-2/h63-70H,5-62,78-79H2,1-4H3,(H,84,91)(H,85,94)(H,86,95)(H,87,92)(H,88,93)(H,89,96)(H,90,97)/b80-63+,81-64+,82-65+,83-66+/t67-,68-,69-,70-/m0/s1. The molecule has 97 heavy (non-hydrogen) atoms. The smallest absolute Gasteiger partial charge is 0.262 e. The van der Waals surface area contributed by atoms with E-state index in [-0.39, 0.29) is 44.9 Å². The average Bonchev–Trinajstić information content (AvgIpc) is 1.05. The molecule has 0 spiro atoms. The Bertz CT molecular complexity index is 2020. The fourth-order valence-corrected chi connectivity index (χ4v) is 11.7. The Hall–Kier alpha value is -5.11. The third-order valence-corrected chi connectivity index (χ3v) is 18.0. The minimum absolute atomic E-state index is 0.0825. The summed E-state index contributed by atoms with van der Waals surface area (Å²) in [7, 11) is 0. The summed E-state index contributed by atoms with van der Waals surface area (Å²) in [4.78, 5) is 95.9. The third-order valence-electron chi connectivity index (χ3n) is 18.0. The molecule has 0 rings (SSSR count). The van der Waals surface area contributed by atoms with Gasteiger partial charge in [-0.3, -0.25) is 33.6 Å². The van der Waals surface area contributed by atoms with Crippen molar-refractivity contribution < 1.29 is 33.6 Å². The summed E-state index contributed by atoms with van der Waals surface area (Å²) in [6.45, 7) is 9.35. The van der Waals surface area contributed by atoms with E-state index < -0.39 is 65.5 Å². The zero-order valence-electron chi connectivity index (χ0n) is 62.4. The van der Waals surface area contributed by atoms with Crippen LogP contribution in [0, 0.1) is 0 Å². The number of carbonyl (C=O) groups is 7. The second-order valence-electron chi connectivity index (χ2n) is 27.3. The van der Waals surface area contributed by atoms with Gasteiger partial charge in [-0.15, -0.1) is 0 Å². The van der Waals surface area contributed by atoms with Gasteiger partial charge in [-0.1, -0.05) is 291 Å². The normalized spacial score (nSPS) is 12.9. The average molecular weight is 1370 g/mol. The first-order chi connectivity index (χ1) is 47.4. The number of carbonyl (C=O) groups excluding carboxylic acids is 7. The molecule has 0 saturated carbocycles. The summed E-state index contributed by atoms with van der Waals surface area (Å²) in [6, 6.07) is -4.87. The lowest BCUT2D eigenvalue weighted by molar-refractivity contribution is -0.133. The molecule has 0 aromatic carbocycles. The van der Waals surface area contributed by atoms with Crippen molar-refractivity contribution in [3.05, 3.63) is 0 Å². The molecule has 0 unspecified atom stereocenters. The molecule has 0 radical (unpaired) electrons. The van der Waals surface area contributed by atoms with Crippen LogP contribution in [0.1, 0.15) is 394 Å². The van der Waals surface area contributed by atoms with E-state index in [1.807, 2.05) is 0 Å². The Morgan fingerprint density at radius 2 is 0.526 bits per heavy atom. The number of nitrogens with one attached hydrogen (secondary N) is 7. The minimum atomic E-state index is -1.38. The van der Waals surface area contributed by atoms with Crippen LogP contribution in [0.4, 0.5) is 0 Å². The molecule has 11 N–H and O–H groups in total. The van der Waals surface area contributed by atoms with Crippen molar-refractivity contribution in [3.63, 3.8) is 0 Å². The highest BCUT2D eigenvalue weighted by atomic mass is 16.2. The molecule has 0 aromatic rings. The summed E-state index contributed by atoms with van der Waals surface area (Å²) < 4.78 is 0. The second kappa shape index (κ2) is 72.2. The fraction of sp³-hybridized carbons (Fsp3) is 0.857. The number of hydrogen-bond acceptors (Lipinski definition) is 13. The fourth-order valence-electron chi connectivity index (χ4n) is 11.7. The van der Waals surface area contributed by atoms with Gasteiger partial charge in [0.2, 0.25) is 29.5 Å². The van der Waals surface area contributed by atoms with E-state index in [1.54, 1.807) is 24.9 Å². The van der Waals surface area contributed by atoms with E-state index in [4.69, 9.17) is 11.5 Å². The molecule has 0 aromatic heterocycles. The summed E-state index contributed by atoms with van der Waals surface area (Å²) in [5, 5.41) is 24.8. The Labute approximate surface area is 591 Å². The maximum absolute atomic E-state index is 14.4. The lowest BCUT2D eigenvalue weighted by Gasteiger charge is -2.24. The third kappa shape index (κ3) is 62.9. The molecule has 0 aliphatic carbocycles. The van der Waals surface area contributed by atoms with Gasteiger partial charge >= 0.3 is 0 Å². The predicted octanol–water partition coefficient (Wildman–Crippen LogP) is 16.5. The summed E-state index contributed by atoms with van der Waals surface area (Å²) in [5.74, 6) is -4.28. The Balaban J connectivity index is 6.18. The molecule has 0 fully saturated rings. The van der Waals surface area contributed by atoms with E-state index in [0.29, 0.717) is 38.6 Å². The quantitative estimate of drug-likeness (QED) is 0.0159. The van der Waals surface area contributed by atoms with Gasteiger partial charge in [0.15, 0.2) is 0 Å². The molecule has 7 amide bonds. The summed E-state index contributed by atoms with van der Waals surface area (Å²) in [5.41, 5.74) is 22.2. The Morgan fingerprint density at radius 1 is 0.278 bits per heavy atom. The number of nitrogens with zero attached hydrogens (tertiary/aromatic N) is 4. The first-order valence-corrected chi connectivity index (χ1v) is 40.0. The highest BCUT2D eigenvalue weighted by Crippen LogP contribution is 2.17. The molecule has 0 aliphatic heterocycles. The predicted molar refractivity (Wildman–Crippen MR) is 405 cm³/mol. The van der Waals surface area contributed by atoms with Crippen molar-refractivity contribution in [1.29, 1.82) is 0 Å². The molecule has 0 heterocycles. The largest absolute Gasteiger partial charge is 0.344 e.